The normalized spacial score (nSPS) is 9.85. The Bertz CT molecular complexity index is 262. The van der Waals surface area contributed by atoms with E-state index in [-0.39, 0.29) is 5.78 Å². The molecule has 0 fully saturated rings. The van der Waals surface area contributed by atoms with Crippen molar-refractivity contribution in [2.45, 2.75) is 25.7 Å². The Kier molecular flexibility index (Phi) is 4.03. The van der Waals surface area contributed by atoms with Crippen LogP contribution in [0.25, 0.3) is 0 Å². The zero-order valence-corrected chi connectivity index (χ0v) is 7.75. The van der Waals surface area contributed by atoms with Gasteiger partial charge in [0.15, 0.2) is 5.78 Å². The van der Waals surface area contributed by atoms with Crippen molar-refractivity contribution in [3.8, 4) is 0 Å². The summed E-state index contributed by atoms with van der Waals surface area (Å²) in [6.45, 7) is 3.64. The number of nitrogens with one attached hydrogen (secondary N) is 1. The summed E-state index contributed by atoms with van der Waals surface area (Å²) >= 11 is 0. The molecule has 2 nitrogen and oxygen atoms in total. The average Bonchev–Trinajstić information content (AvgIpc) is 2.65. The fraction of sp³-hybridized carbons (Fsp3) is 0.364. The molecule has 0 unspecified atom stereocenters. The molecule has 0 aliphatic rings. The monoisotopic (exact) mass is 177 g/mol. The van der Waals surface area contributed by atoms with Crippen LogP contribution in [-0.4, -0.2) is 10.8 Å². The van der Waals surface area contributed by atoms with E-state index in [1.807, 2.05) is 18.2 Å². The van der Waals surface area contributed by atoms with E-state index in [9.17, 15) is 4.79 Å². The summed E-state index contributed by atoms with van der Waals surface area (Å²) in [7, 11) is 0. The summed E-state index contributed by atoms with van der Waals surface area (Å²) in [5, 5.41) is 0. The van der Waals surface area contributed by atoms with Crippen LogP contribution in [0.4, 0.5) is 0 Å². The zero-order chi connectivity index (χ0) is 9.52. The third kappa shape index (κ3) is 3.28. The van der Waals surface area contributed by atoms with E-state index in [4.69, 9.17) is 0 Å². The van der Waals surface area contributed by atoms with Crippen LogP contribution in [0.1, 0.15) is 36.2 Å². The molecular weight excluding hydrogens is 162 g/mol. The van der Waals surface area contributed by atoms with E-state index in [2.05, 4.69) is 11.6 Å². The van der Waals surface area contributed by atoms with Gasteiger partial charge in [-0.25, -0.2) is 0 Å². The van der Waals surface area contributed by atoms with E-state index in [0.717, 1.165) is 25.0 Å². The lowest BCUT2D eigenvalue weighted by atomic mass is 10.1. The largest absolute Gasteiger partial charge is 0.359 e. The minimum atomic E-state index is 0.203. The number of carbonyl (C=O) groups excluding carboxylic acids is 1. The second kappa shape index (κ2) is 5.36. The van der Waals surface area contributed by atoms with Crippen LogP contribution in [0.2, 0.25) is 0 Å². The third-order valence-electron chi connectivity index (χ3n) is 1.96. The van der Waals surface area contributed by atoms with Gasteiger partial charge in [0.1, 0.15) is 0 Å². The topological polar surface area (TPSA) is 32.9 Å². The van der Waals surface area contributed by atoms with Crippen molar-refractivity contribution in [2.24, 2.45) is 0 Å². The summed E-state index contributed by atoms with van der Waals surface area (Å²) in [6, 6.07) is 3.66. The molecule has 2 heteroatoms. The summed E-state index contributed by atoms with van der Waals surface area (Å²) in [5.41, 5.74) is 0.721. The van der Waals surface area contributed by atoms with Gasteiger partial charge in [-0.1, -0.05) is 6.08 Å². The Morgan fingerprint density at radius 2 is 2.38 bits per heavy atom. The number of unbranched alkanes of at least 4 members (excludes halogenated alkanes) is 2. The predicted molar refractivity (Wildman–Crippen MR) is 53.8 cm³/mol. The summed E-state index contributed by atoms with van der Waals surface area (Å²) < 4.78 is 0. The highest BCUT2D eigenvalue weighted by atomic mass is 16.1. The van der Waals surface area contributed by atoms with Gasteiger partial charge in [0.05, 0.1) is 5.69 Å². The van der Waals surface area contributed by atoms with Crippen molar-refractivity contribution >= 4 is 5.78 Å². The van der Waals surface area contributed by atoms with Gasteiger partial charge < -0.3 is 4.98 Å². The summed E-state index contributed by atoms with van der Waals surface area (Å²) in [6.07, 6.45) is 7.29. The highest BCUT2D eigenvalue weighted by molar-refractivity contribution is 5.94. The highest BCUT2D eigenvalue weighted by Crippen LogP contribution is 2.06. The third-order valence-corrected chi connectivity index (χ3v) is 1.96. The SMILES string of the molecule is C=CCCCCC(=O)c1ccc[nH]1. The van der Waals surface area contributed by atoms with Crippen molar-refractivity contribution in [3.05, 3.63) is 36.7 Å². The maximum absolute atomic E-state index is 11.4. The van der Waals surface area contributed by atoms with Crippen LogP contribution in [-0.2, 0) is 0 Å². The van der Waals surface area contributed by atoms with E-state index >= 15 is 0 Å². The lowest BCUT2D eigenvalue weighted by molar-refractivity contribution is 0.0975. The number of ketones is 1. The van der Waals surface area contributed by atoms with Crippen molar-refractivity contribution in [1.29, 1.82) is 0 Å². The average molecular weight is 177 g/mol. The number of aromatic amines is 1. The van der Waals surface area contributed by atoms with Crippen LogP contribution in [0.5, 0.6) is 0 Å². The second-order valence-corrected chi connectivity index (χ2v) is 3.04. The molecule has 1 N–H and O–H groups in total. The Labute approximate surface area is 78.7 Å². The molecular formula is C11H15NO. The molecule has 0 spiro atoms. The number of allylic oxidation sites excluding steroid dienone is 1. The van der Waals surface area contributed by atoms with Gasteiger partial charge in [-0.05, 0) is 31.4 Å². The maximum atomic E-state index is 11.4. The second-order valence-electron chi connectivity index (χ2n) is 3.04. The minimum Gasteiger partial charge on any atom is -0.359 e. The molecule has 0 aliphatic heterocycles. The van der Waals surface area contributed by atoms with Crippen LogP contribution in [0.3, 0.4) is 0 Å². The number of Topliss-reactive ketones (excluding diaryl/α,β-unsaturated/α-hetero) is 1. The molecule has 0 saturated carbocycles. The molecule has 0 aliphatic carbocycles. The smallest absolute Gasteiger partial charge is 0.178 e. The fourth-order valence-electron chi connectivity index (χ4n) is 1.21. The van der Waals surface area contributed by atoms with Gasteiger partial charge in [0, 0.05) is 12.6 Å². The summed E-state index contributed by atoms with van der Waals surface area (Å²) in [4.78, 5) is 14.3. The first-order chi connectivity index (χ1) is 6.34. The number of rotatable bonds is 6. The molecule has 0 amide bonds. The molecule has 0 aromatic carbocycles. The van der Waals surface area contributed by atoms with Crippen LogP contribution >= 0.6 is 0 Å². The Hall–Kier alpha value is -1.31. The van der Waals surface area contributed by atoms with Crippen molar-refractivity contribution in [1.82, 2.24) is 4.98 Å². The standard InChI is InChI=1S/C11H15NO/c1-2-3-4-5-8-11(13)10-7-6-9-12-10/h2,6-7,9,12H,1,3-5,8H2. The predicted octanol–water partition coefficient (Wildman–Crippen LogP) is 2.94. The van der Waals surface area contributed by atoms with Gasteiger partial charge in [0.25, 0.3) is 0 Å². The number of hydrogen-bond donors (Lipinski definition) is 1. The number of aromatic nitrogens is 1. The fourth-order valence-corrected chi connectivity index (χ4v) is 1.21. The van der Waals surface area contributed by atoms with Crippen LogP contribution in [0, 0.1) is 0 Å². The Morgan fingerprint density at radius 3 is 3.00 bits per heavy atom. The van der Waals surface area contributed by atoms with Gasteiger partial charge in [-0.3, -0.25) is 4.79 Å². The van der Waals surface area contributed by atoms with E-state index in [0.29, 0.717) is 6.42 Å². The van der Waals surface area contributed by atoms with Gasteiger partial charge >= 0.3 is 0 Å². The summed E-state index contributed by atoms with van der Waals surface area (Å²) in [5.74, 6) is 0.203. The van der Waals surface area contributed by atoms with Gasteiger partial charge in [-0.2, -0.15) is 0 Å². The molecule has 1 rings (SSSR count). The molecule has 70 valence electrons. The van der Waals surface area contributed by atoms with Crippen molar-refractivity contribution < 1.29 is 4.79 Å². The zero-order valence-electron chi connectivity index (χ0n) is 7.75. The first kappa shape index (κ1) is 9.78. The lowest BCUT2D eigenvalue weighted by Gasteiger charge is -1.96. The number of carbonyl (C=O) groups is 1. The quantitative estimate of drug-likeness (QED) is 0.404. The molecule has 1 heterocycles. The minimum absolute atomic E-state index is 0.203. The molecule has 0 radical (unpaired) electrons. The highest BCUT2D eigenvalue weighted by Gasteiger charge is 2.04. The first-order valence-corrected chi connectivity index (χ1v) is 4.62. The molecule has 0 saturated heterocycles. The first-order valence-electron chi connectivity index (χ1n) is 4.62. The Morgan fingerprint density at radius 1 is 1.54 bits per heavy atom. The van der Waals surface area contributed by atoms with E-state index < -0.39 is 0 Å². The molecule has 0 bridgehead atoms. The van der Waals surface area contributed by atoms with Crippen LogP contribution < -0.4 is 0 Å². The van der Waals surface area contributed by atoms with Crippen molar-refractivity contribution in [2.75, 3.05) is 0 Å². The molecule has 1 aromatic heterocycles. The van der Waals surface area contributed by atoms with E-state index in [1.165, 1.54) is 0 Å². The number of H-pyrrole nitrogens is 1. The van der Waals surface area contributed by atoms with Gasteiger partial charge in [0.2, 0.25) is 0 Å². The maximum Gasteiger partial charge on any atom is 0.178 e. The number of hydrogen-bond acceptors (Lipinski definition) is 1. The molecule has 0 atom stereocenters. The van der Waals surface area contributed by atoms with E-state index in [1.54, 1.807) is 6.20 Å². The Balaban J connectivity index is 2.23. The van der Waals surface area contributed by atoms with Crippen molar-refractivity contribution in [3.63, 3.8) is 0 Å². The van der Waals surface area contributed by atoms with Gasteiger partial charge in [-0.15, -0.1) is 6.58 Å². The molecule has 1 aromatic rings. The molecule has 13 heavy (non-hydrogen) atoms. The lowest BCUT2D eigenvalue weighted by Crippen LogP contribution is -1.98. The van der Waals surface area contributed by atoms with Crippen LogP contribution in [0.15, 0.2) is 31.0 Å².